The molecule has 0 amide bonds. The minimum atomic E-state index is -2.79. The highest BCUT2D eigenvalue weighted by Gasteiger charge is 2.29. The Hall–Kier alpha value is -0.130. The van der Waals surface area contributed by atoms with E-state index in [2.05, 4.69) is 26.1 Å². The summed E-state index contributed by atoms with van der Waals surface area (Å²) in [6.45, 7) is 6.58. The Morgan fingerprint density at radius 3 is 2.24 bits per heavy atom. The molecule has 1 rings (SSSR count). The van der Waals surface area contributed by atoms with Crippen molar-refractivity contribution in [2.24, 2.45) is 5.41 Å². The Balaban J connectivity index is 2.52. The van der Waals surface area contributed by atoms with Gasteiger partial charge in [0.25, 0.3) is 0 Å². The predicted octanol–water partition coefficient (Wildman–Crippen LogP) is 0.950. The van der Waals surface area contributed by atoms with Crippen molar-refractivity contribution < 1.29 is 13.5 Å². The van der Waals surface area contributed by atoms with Gasteiger partial charge in [0.15, 0.2) is 0 Å². The smallest absolute Gasteiger partial charge is 0.150 e. The molecule has 17 heavy (non-hydrogen) atoms. The molecule has 102 valence electrons. The van der Waals surface area contributed by atoms with Crippen LogP contribution in [0, 0.1) is 5.41 Å². The first-order chi connectivity index (χ1) is 7.74. The summed E-state index contributed by atoms with van der Waals surface area (Å²) < 4.78 is 22.7. The lowest BCUT2D eigenvalue weighted by atomic mass is 9.84. The topological polar surface area (TPSA) is 66.4 Å². The van der Waals surface area contributed by atoms with E-state index < -0.39 is 9.84 Å². The van der Waals surface area contributed by atoms with Crippen LogP contribution in [0.4, 0.5) is 0 Å². The molecule has 0 bridgehead atoms. The maximum atomic E-state index is 11.3. The van der Waals surface area contributed by atoms with Crippen LogP contribution in [-0.4, -0.2) is 43.7 Å². The van der Waals surface area contributed by atoms with E-state index in [-0.39, 0.29) is 24.1 Å². The quantitative estimate of drug-likeness (QED) is 0.792. The molecule has 1 heterocycles. The molecule has 0 aromatic carbocycles. The van der Waals surface area contributed by atoms with Crippen molar-refractivity contribution in [3.63, 3.8) is 0 Å². The number of hydrogen-bond donors (Lipinski definition) is 2. The molecule has 1 fully saturated rings. The summed E-state index contributed by atoms with van der Waals surface area (Å²) in [6, 6.07) is 0.507. The first-order valence-corrected chi connectivity index (χ1v) is 8.14. The van der Waals surface area contributed by atoms with Crippen LogP contribution in [0.15, 0.2) is 0 Å². The van der Waals surface area contributed by atoms with E-state index in [0.29, 0.717) is 30.8 Å². The molecule has 0 aromatic rings. The van der Waals surface area contributed by atoms with Gasteiger partial charge in [0.1, 0.15) is 9.84 Å². The Labute approximate surface area is 105 Å². The number of rotatable bonds is 4. The van der Waals surface area contributed by atoms with Crippen LogP contribution in [0.1, 0.15) is 40.0 Å². The average Bonchev–Trinajstić information content (AvgIpc) is 2.18. The van der Waals surface area contributed by atoms with Crippen molar-refractivity contribution in [2.45, 2.75) is 52.1 Å². The average molecular weight is 263 g/mol. The molecule has 1 unspecified atom stereocenters. The summed E-state index contributed by atoms with van der Waals surface area (Å²) in [5, 5.41) is 12.6. The van der Waals surface area contributed by atoms with Gasteiger partial charge in [-0.15, -0.1) is 0 Å². The Kier molecular flexibility index (Phi) is 4.98. The summed E-state index contributed by atoms with van der Waals surface area (Å²) in [6.07, 6.45) is 2.10. The molecule has 2 N–H and O–H groups in total. The van der Waals surface area contributed by atoms with Crippen molar-refractivity contribution in [1.29, 1.82) is 0 Å². The second-order valence-corrected chi connectivity index (χ2v) is 8.33. The van der Waals surface area contributed by atoms with E-state index in [9.17, 15) is 8.42 Å². The van der Waals surface area contributed by atoms with Gasteiger partial charge in [-0.3, -0.25) is 0 Å². The van der Waals surface area contributed by atoms with Gasteiger partial charge in [-0.1, -0.05) is 20.8 Å². The van der Waals surface area contributed by atoms with Crippen LogP contribution in [0.3, 0.4) is 0 Å². The molecular weight excluding hydrogens is 238 g/mol. The third-order valence-electron chi connectivity index (χ3n) is 3.45. The maximum absolute atomic E-state index is 11.3. The molecule has 0 aromatic heterocycles. The molecule has 0 aliphatic carbocycles. The van der Waals surface area contributed by atoms with Gasteiger partial charge in [-0.2, -0.15) is 0 Å². The van der Waals surface area contributed by atoms with Crippen molar-refractivity contribution in [3.05, 3.63) is 0 Å². The molecule has 0 spiro atoms. The number of hydrogen-bond acceptors (Lipinski definition) is 4. The second kappa shape index (κ2) is 5.67. The molecule has 5 heteroatoms. The normalized spacial score (nSPS) is 23.5. The van der Waals surface area contributed by atoms with E-state index in [1.807, 2.05) is 0 Å². The number of sulfone groups is 1. The van der Waals surface area contributed by atoms with Crippen molar-refractivity contribution in [1.82, 2.24) is 5.32 Å². The highest BCUT2D eigenvalue weighted by Crippen LogP contribution is 2.24. The van der Waals surface area contributed by atoms with E-state index in [1.165, 1.54) is 0 Å². The van der Waals surface area contributed by atoms with Crippen LogP contribution in [0.2, 0.25) is 0 Å². The van der Waals surface area contributed by atoms with Gasteiger partial charge in [0.05, 0.1) is 11.5 Å². The fraction of sp³-hybridized carbons (Fsp3) is 1.00. The summed E-state index contributed by atoms with van der Waals surface area (Å²) in [5.41, 5.74) is 0.0824. The minimum absolute atomic E-state index is 0.0824. The van der Waals surface area contributed by atoms with Crippen molar-refractivity contribution >= 4 is 9.84 Å². The van der Waals surface area contributed by atoms with Gasteiger partial charge in [0.2, 0.25) is 0 Å². The largest absolute Gasteiger partial charge is 0.396 e. The van der Waals surface area contributed by atoms with Crippen molar-refractivity contribution in [2.75, 3.05) is 18.1 Å². The first kappa shape index (κ1) is 14.9. The fourth-order valence-corrected chi connectivity index (χ4v) is 3.73. The van der Waals surface area contributed by atoms with Crippen LogP contribution in [0.5, 0.6) is 0 Å². The van der Waals surface area contributed by atoms with Crippen LogP contribution >= 0.6 is 0 Å². The highest BCUT2D eigenvalue weighted by molar-refractivity contribution is 7.91. The lowest BCUT2D eigenvalue weighted by Crippen LogP contribution is -2.48. The van der Waals surface area contributed by atoms with Gasteiger partial charge in [-0.25, -0.2) is 8.42 Å². The Bertz CT molecular complexity index is 318. The van der Waals surface area contributed by atoms with E-state index in [0.717, 1.165) is 0 Å². The van der Waals surface area contributed by atoms with Crippen molar-refractivity contribution in [3.8, 4) is 0 Å². The lowest BCUT2D eigenvalue weighted by Gasteiger charge is -2.36. The maximum Gasteiger partial charge on any atom is 0.150 e. The molecule has 1 aliphatic heterocycles. The standard InChI is InChI=1S/C12H25NO3S/c1-12(2,3)11(4-7-14)13-10-5-8-17(15,16)9-6-10/h10-11,13-14H,4-9H2,1-3H3. The Morgan fingerprint density at radius 2 is 1.82 bits per heavy atom. The number of aliphatic hydroxyl groups is 1. The fourth-order valence-electron chi connectivity index (χ4n) is 2.24. The first-order valence-electron chi connectivity index (χ1n) is 6.32. The van der Waals surface area contributed by atoms with Gasteiger partial charge in [0, 0.05) is 18.7 Å². The Morgan fingerprint density at radius 1 is 1.29 bits per heavy atom. The zero-order valence-electron chi connectivity index (χ0n) is 11.1. The van der Waals surface area contributed by atoms with Crippen LogP contribution < -0.4 is 5.32 Å². The SMILES string of the molecule is CC(C)(C)C(CCO)NC1CCS(=O)(=O)CC1. The summed E-state index contributed by atoms with van der Waals surface area (Å²) in [4.78, 5) is 0. The summed E-state index contributed by atoms with van der Waals surface area (Å²) in [5.74, 6) is 0.585. The van der Waals surface area contributed by atoms with Crippen LogP contribution in [-0.2, 0) is 9.84 Å². The summed E-state index contributed by atoms with van der Waals surface area (Å²) >= 11 is 0. The van der Waals surface area contributed by atoms with Crippen LogP contribution in [0.25, 0.3) is 0 Å². The molecule has 1 saturated heterocycles. The summed E-state index contributed by atoms with van der Waals surface area (Å²) in [7, 11) is -2.79. The molecule has 1 atom stereocenters. The molecule has 4 nitrogen and oxygen atoms in total. The predicted molar refractivity (Wildman–Crippen MR) is 69.8 cm³/mol. The van der Waals surface area contributed by atoms with E-state index in [1.54, 1.807) is 0 Å². The number of nitrogens with one attached hydrogen (secondary N) is 1. The van der Waals surface area contributed by atoms with Gasteiger partial charge >= 0.3 is 0 Å². The molecule has 1 aliphatic rings. The molecular formula is C12H25NO3S. The van der Waals surface area contributed by atoms with Gasteiger partial charge < -0.3 is 10.4 Å². The zero-order valence-corrected chi connectivity index (χ0v) is 11.9. The lowest BCUT2D eigenvalue weighted by molar-refractivity contribution is 0.182. The molecule has 0 saturated carbocycles. The third-order valence-corrected chi connectivity index (χ3v) is 5.17. The molecule has 0 radical (unpaired) electrons. The monoisotopic (exact) mass is 263 g/mol. The highest BCUT2D eigenvalue weighted by atomic mass is 32.2. The third kappa shape index (κ3) is 4.94. The second-order valence-electron chi connectivity index (χ2n) is 6.02. The van der Waals surface area contributed by atoms with Gasteiger partial charge in [-0.05, 0) is 24.7 Å². The zero-order chi connectivity index (χ0) is 13.1. The van der Waals surface area contributed by atoms with E-state index >= 15 is 0 Å². The number of aliphatic hydroxyl groups excluding tert-OH is 1. The van der Waals surface area contributed by atoms with E-state index in [4.69, 9.17) is 5.11 Å². The minimum Gasteiger partial charge on any atom is -0.396 e.